The zero-order valence-electron chi connectivity index (χ0n) is 5.28. The number of carbonyl (C=O) groups excluding carboxylic acids is 1. The lowest BCUT2D eigenvalue weighted by Gasteiger charge is -2.10. The molecule has 0 aromatic heterocycles. The summed E-state index contributed by atoms with van der Waals surface area (Å²) >= 11 is 0. The van der Waals surface area contributed by atoms with Gasteiger partial charge in [-0.15, -0.1) is 12.4 Å². The van der Waals surface area contributed by atoms with Gasteiger partial charge in [-0.2, -0.15) is 0 Å². The Hall–Kier alpha value is -0.960. The minimum Gasteiger partial charge on any atom is -0.377 e. The lowest BCUT2D eigenvalue weighted by molar-refractivity contribution is -0.118. The van der Waals surface area contributed by atoms with Crippen molar-refractivity contribution in [2.24, 2.45) is 5.73 Å². The van der Waals surface area contributed by atoms with E-state index >= 15 is 0 Å². The van der Waals surface area contributed by atoms with E-state index in [0.717, 1.165) is 0 Å². The van der Waals surface area contributed by atoms with E-state index in [1.807, 2.05) is 0 Å². The van der Waals surface area contributed by atoms with Gasteiger partial charge in [-0.1, -0.05) is 12.2 Å². The maximum absolute atomic E-state index is 10.4. The molecule has 1 heterocycles. The van der Waals surface area contributed by atoms with Crippen molar-refractivity contribution in [3.63, 3.8) is 0 Å². The molecule has 1 atom stereocenters. The maximum Gasteiger partial charge on any atom is 0.243 e. The molecule has 1 rings (SSSR count). The van der Waals surface area contributed by atoms with Crippen molar-refractivity contribution in [2.45, 2.75) is 6.04 Å². The molecule has 0 bridgehead atoms. The second-order valence-corrected chi connectivity index (χ2v) is 1.79. The third-order valence-corrected chi connectivity index (χ3v) is 1.09. The SMILES string of the molecule is Cl.NC(=O)C1C=CC=CN1. The summed E-state index contributed by atoms with van der Waals surface area (Å²) in [5.74, 6) is -0.351. The van der Waals surface area contributed by atoms with E-state index in [4.69, 9.17) is 5.73 Å². The van der Waals surface area contributed by atoms with Crippen LogP contribution in [0.15, 0.2) is 24.4 Å². The fourth-order valence-corrected chi connectivity index (χ4v) is 0.623. The van der Waals surface area contributed by atoms with Crippen molar-refractivity contribution in [1.29, 1.82) is 0 Å². The van der Waals surface area contributed by atoms with Gasteiger partial charge in [0.2, 0.25) is 5.91 Å². The summed E-state index contributed by atoms with van der Waals surface area (Å²) < 4.78 is 0. The van der Waals surface area contributed by atoms with Crippen molar-refractivity contribution in [3.8, 4) is 0 Å². The minimum absolute atomic E-state index is 0. The van der Waals surface area contributed by atoms with Gasteiger partial charge in [0.1, 0.15) is 6.04 Å². The number of dihydropyridines is 1. The summed E-state index contributed by atoms with van der Waals surface area (Å²) in [6.45, 7) is 0. The molecule has 1 aliphatic heterocycles. The molecule has 0 saturated heterocycles. The molecule has 0 saturated carbocycles. The second kappa shape index (κ2) is 3.95. The van der Waals surface area contributed by atoms with Crippen LogP contribution in [0.3, 0.4) is 0 Å². The highest BCUT2D eigenvalue weighted by Gasteiger charge is 2.08. The lowest BCUT2D eigenvalue weighted by atomic mass is 10.2. The highest BCUT2D eigenvalue weighted by Crippen LogP contribution is 1.91. The van der Waals surface area contributed by atoms with Gasteiger partial charge in [-0.25, -0.2) is 0 Å². The normalized spacial score (nSPS) is 21.0. The highest BCUT2D eigenvalue weighted by molar-refractivity contribution is 5.85. The largest absolute Gasteiger partial charge is 0.377 e. The van der Waals surface area contributed by atoms with Crippen LogP contribution in [0.25, 0.3) is 0 Å². The van der Waals surface area contributed by atoms with E-state index in [9.17, 15) is 4.79 Å². The molecule has 3 nitrogen and oxygen atoms in total. The highest BCUT2D eigenvalue weighted by atomic mass is 35.5. The summed E-state index contributed by atoms with van der Waals surface area (Å²) in [4.78, 5) is 10.4. The molecule has 1 unspecified atom stereocenters. The van der Waals surface area contributed by atoms with Crippen LogP contribution in [0, 0.1) is 0 Å². The Morgan fingerprint density at radius 2 is 2.20 bits per heavy atom. The van der Waals surface area contributed by atoms with E-state index in [1.54, 1.807) is 24.4 Å². The monoisotopic (exact) mass is 160 g/mol. The van der Waals surface area contributed by atoms with Gasteiger partial charge in [0, 0.05) is 0 Å². The van der Waals surface area contributed by atoms with Gasteiger partial charge < -0.3 is 11.1 Å². The van der Waals surface area contributed by atoms with E-state index in [0.29, 0.717) is 0 Å². The van der Waals surface area contributed by atoms with E-state index < -0.39 is 0 Å². The van der Waals surface area contributed by atoms with Gasteiger partial charge in [0.25, 0.3) is 0 Å². The average molecular weight is 161 g/mol. The molecule has 0 spiro atoms. The molecule has 0 aromatic carbocycles. The van der Waals surface area contributed by atoms with E-state index in [-0.39, 0.29) is 24.4 Å². The Morgan fingerprint density at radius 1 is 1.50 bits per heavy atom. The van der Waals surface area contributed by atoms with Crippen LogP contribution < -0.4 is 11.1 Å². The van der Waals surface area contributed by atoms with Gasteiger partial charge in [0.05, 0.1) is 0 Å². The number of amides is 1. The first-order chi connectivity index (χ1) is 4.30. The quantitative estimate of drug-likeness (QED) is 0.565. The molecule has 56 valence electrons. The molecule has 3 N–H and O–H groups in total. The van der Waals surface area contributed by atoms with Crippen molar-refractivity contribution >= 4 is 18.3 Å². The Labute approximate surface area is 65.4 Å². The van der Waals surface area contributed by atoms with Crippen molar-refractivity contribution < 1.29 is 4.79 Å². The molecular formula is C6H9ClN2O. The predicted octanol–water partition coefficient (Wildman–Crippen LogP) is -0.0648. The van der Waals surface area contributed by atoms with Crippen LogP contribution in [0.5, 0.6) is 0 Å². The molecule has 1 amide bonds. The molecule has 0 fully saturated rings. The Balaban J connectivity index is 0.000000810. The zero-order valence-corrected chi connectivity index (χ0v) is 6.10. The fourth-order valence-electron chi connectivity index (χ4n) is 0.623. The number of hydrogen-bond donors (Lipinski definition) is 2. The van der Waals surface area contributed by atoms with Gasteiger partial charge in [-0.3, -0.25) is 4.79 Å². The summed E-state index contributed by atoms with van der Waals surface area (Å²) in [7, 11) is 0. The first-order valence-corrected chi connectivity index (χ1v) is 2.69. The molecule has 0 radical (unpaired) electrons. The third kappa shape index (κ3) is 2.11. The Kier molecular flexibility index (Phi) is 3.57. The number of primary amides is 1. The zero-order chi connectivity index (χ0) is 6.69. The summed E-state index contributed by atoms with van der Waals surface area (Å²) in [5.41, 5.74) is 4.98. The summed E-state index contributed by atoms with van der Waals surface area (Å²) in [6.07, 6.45) is 6.99. The second-order valence-electron chi connectivity index (χ2n) is 1.79. The van der Waals surface area contributed by atoms with E-state index in [1.165, 1.54) is 0 Å². The maximum atomic E-state index is 10.4. The average Bonchev–Trinajstić information content (AvgIpc) is 1.90. The predicted molar refractivity (Wildman–Crippen MR) is 41.6 cm³/mol. The van der Waals surface area contributed by atoms with Gasteiger partial charge in [0.15, 0.2) is 0 Å². The van der Waals surface area contributed by atoms with Crippen LogP contribution in [0.2, 0.25) is 0 Å². The van der Waals surface area contributed by atoms with Gasteiger partial charge >= 0.3 is 0 Å². The molecular weight excluding hydrogens is 152 g/mol. The van der Waals surface area contributed by atoms with Crippen LogP contribution in [-0.4, -0.2) is 11.9 Å². The fraction of sp³-hybridized carbons (Fsp3) is 0.167. The molecule has 0 aromatic rings. The first kappa shape index (κ1) is 9.04. The van der Waals surface area contributed by atoms with Crippen LogP contribution in [0.4, 0.5) is 0 Å². The van der Waals surface area contributed by atoms with E-state index in [2.05, 4.69) is 5.32 Å². The minimum atomic E-state index is -0.351. The van der Waals surface area contributed by atoms with Crippen molar-refractivity contribution in [3.05, 3.63) is 24.4 Å². The smallest absolute Gasteiger partial charge is 0.243 e. The number of nitrogens with one attached hydrogen (secondary N) is 1. The molecule has 0 aliphatic carbocycles. The standard InChI is InChI=1S/C6H8N2O.ClH/c7-6(9)5-3-1-2-4-8-5;/h1-5,8H,(H2,7,9);1H. The van der Waals surface area contributed by atoms with Crippen LogP contribution >= 0.6 is 12.4 Å². The lowest BCUT2D eigenvalue weighted by Crippen LogP contribution is -2.37. The number of nitrogens with two attached hydrogens (primary N) is 1. The first-order valence-electron chi connectivity index (χ1n) is 2.69. The van der Waals surface area contributed by atoms with Crippen molar-refractivity contribution in [2.75, 3.05) is 0 Å². The summed E-state index contributed by atoms with van der Waals surface area (Å²) in [5, 5.41) is 2.78. The molecule has 10 heavy (non-hydrogen) atoms. The topological polar surface area (TPSA) is 55.1 Å². The van der Waals surface area contributed by atoms with Crippen LogP contribution in [-0.2, 0) is 4.79 Å². The van der Waals surface area contributed by atoms with Gasteiger partial charge in [-0.05, 0) is 12.3 Å². The Morgan fingerprint density at radius 3 is 2.50 bits per heavy atom. The number of rotatable bonds is 1. The third-order valence-electron chi connectivity index (χ3n) is 1.09. The number of allylic oxidation sites excluding steroid dienone is 2. The molecule has 4 heteroatoms. The van der Waals surface area contributed by atoms with Crippen LogP contribution in [0.1, 0.15) is 0 Å². The number of hydrogen-bond acceptors (Lipinski definition) is 2. The number of halogens is 1. The summed E-state index contributed by atoms with van der Waals surface area (Å²) in [6, 6.07) is -0.324. The molecule has 1 aliphatic rings. The number of carbonyl (C=O) groups is 1. The Bertz CT molecular complexity index is 177. The van der Waals surface area contributed by atoms with Crippen molar-refractivity contribution in [1.82, 2.24) is 5.32 Å².